The summed E-state index contributed by atoms with van der Waals surface area (Å²) in [6.07, 6.45) is 1.64. The molecule has 3 rings (SSSR count). The molecule has 20 heavy (non-hydrogen) atoms. The number of piperazine rings is 1. The van der Waals surface area contributed by atoms with E-state index in [1.165, 1.54) is 11.3 Å². The van der Waals surface area contributed by atoms with Gasteiger partial charge in [0.05, 0.1) is 0 Å². The molecule has 6 heteroatoms. The van der Waals surface area contributed by atoms with E-state index in [4.69, 9.17) is 5.11 Å². The fourth-order valence-corrected chi connectivity index (χ4v) is 3.97. The number of nitrogens with zero attached hydrogens (tertiary/aromatic N) is 2. The highest BCUT2D eigenvalue weighted by molar-refractivity contribution is 7.14. The van der Waals surface area contributed by atoms with Crippen LogP contribution in [0.3, 0.4) is 0 Å². The van der Waals surface area contributed by atoms with Crippen LogP contribution in [0.5, 0.6) is 0 Å². The summed E-state index contributed by atoms with van der Waals surface area (Å²) >= 11 is 1.34. The normalized spacial score (nSPS) is 23.1. The van der Waals surface area contributed by atoms with Gasteiger partial charge < -0.3 is 10.0 Å². The molecule has 0 spiro atoms. The molecule has 1 N–H and O–H groups in total. The number of fused-ring (bicyclic) bond motifs is 1. The number of carboxylic acids is 1. The minimum atomic E-state index is -0.851. The van der Waals surface area contributed by atoms with Gasteiger partial charge in [-0.25, -0.2) is 4.79 Å². The molecule has 0 aromatic carbocycles. The standard InChI is InChI=1S/C14H18N2O3S/c1-9-10(6-12(20-9)14(18)19)7-15-4-5-16-11(8-15)2-3-13(16)17/h6,11H,2-5,7-8H2,1H3,(H,18,19). The van der Waals surface area contributed by atoms with E-state index in [-0.39, 0.29) is 5.91 Å². The Labute approximate surface area is 121 Å². The molecule has 2 aliphatic rings. The third-order valence-corrected chi connectivity index (χ3v) is 5.28. The monoisotopic (exact) mass is 294 g/mol. The molecule has 1 amide bonds. The first kappa shape index (κ1) is 13.6. The van der Waals surface area contributed by atoms with Crippen molar-refractivity contribution in [2.75, 3.05) is 19.6 Å². The largest absolute Gasteiger partial charge is 0.477 e. The molecule has 0 bridgehead atoms. The number of aromatic carboxylic acids is 1. The van der Waals surface area contributed by atoms with Gasteiger partial charge in [-0.05, 0) is 25.0 Å². The number of thiophene rings is 1. The number of hydrogen-bond acceptors (Lipinski definition) is 4. The molecule has 1 atom stereocenters. The lowest BCUT2D eigenvalue weighted by atomic mass is 10.1. The van der Waals surface area contributed by atoms with Crippen LogP contribution in [0.1, 0.15) is 33.0 Å². The van der Waals surface area contributed by atoms with E-state index in [1.54, 1.807) is 6.07 Å². The molecule has 1 unspecified atom stereocenters. The number of hydrogen-bond donors (Lipinski definition) is 1. The molecule has 108 valence electrons. The highest BCUT2D eigenvalue weighted by Crippen LogP contribution is 2.26. The van der Waals surface area contributed by atoms with Gasteiger partial charge in [0.25, 0.3) is 0 Å². The summed E-state index contributed by atoms with van der Waals surface area (Å²) in [6, 6.07) is 2.14. The molecule has 0 saturated carbocycles. The summed E-state index contributed by atoms with van der Waals surface area (Å²) in [5.74, 6) is -0.565. The SMILES string of the molecule is Cc1sc(C(=O)O)cc1CN1CCN2C(=O)CCC2C1. The zero-order chi connectivity index (χ0) is 14.3. The summed E-state index contributed by atoms with van der Waals surface area (Å²) in [7, 11) is 0. The molecule has 2 fully saturated rings. The van der Waals surface area contributed by atoms with Crippen molar-refractivity contribution in [1.82, 2.24) is 9.80 Å². The lowest BCUT2D eigenvalue weighted by Crippen LogP contribution is -2.50. The molecule has 3 heterocycles. The highest BCUT2D eigenvalue weighted by Gasteiger charge is 2.35. The molecule has 1 aromatic rings. The second kappa shape index (κ2) is 5.18. The maximum Gasteiger partial charge on any atom is 0.345 e. The van der Waals surface area contributed by atoms with Gasteiger partial charge in [-0.2, -0.15) is 0 Å². The summed E-state index contributed by atoms with van der Waals surface area (Å²) in [4.78, 5) is 28.5. The topological polar surface area (TPSA) is 60.9 Å². The second-order valence-electron chi connectivity index (χ2n) is 5.51. The van der Waals surface area contributed by atoms with E-state index in [9.17, 15) is 9.59 Å². The van der Waals surface area contributed by atoms with E-state index in [0.717, 1.165) is 43.0 Å². The van der Waals surface area contributed by atoms with Crippen LogP contribution >= 0.6 is 11.3 Å². The first-order valence-corrected chi connectivity index (χ1v) is 7.70. The Morgan fingerprint density at radius 1 is 1.50 bits per heavy atom. The number of carbonyl (C=O) groups is 2. The average Bonchev–Trinajstić information content (AvgIpc) is 2.95. The van der Waals surface area contributed by atoms with Gasteiger partial charge >= 0.3 is 5.97 Å². The van der Waals surface area contributed by atoms with Crippen molar-refractivity contribution in [3.8, 4) is 0 Å². The van der Waals surface area contributed by atoms with Crippen LogP contribution in [0.15, 0.2) is 6.07 Å². The van der Waals surface area contributed by atoms with Crippen LogP contribution in [0.25, 0.3) is 0 Å². The van der Waals surface area contributed by atoms with Crippen LogP contribution < -0.4 is 0 Å². The molecule has 5 nitrogen and oxygen atoms in total. The maximum atomic E-state index is 11.6. The average molecular weight is 294 g/mol. The third kappa shape index (κ3) is 2.45. The lowest BCUT2D eigenvalue weighted by molar-refractivity contribution is -0.130. The minimum Gasteiger partial charge on any atom is -0.477 e. The second-order valence-corrected chi connectivity index (χ2v) is 6.77. The number of aryl methyl sites for hydroxylation is 1. The van der Waals surface area contributed by atoms with Gasteiger partial charge in [-0.1, -0.05) is 0 Å². The van der Waals surface area contributed by atoms with E-state index in [1.807, 2.05) is 11.8 Å². The Morgan fingerprint density at radius 3 is 3.00 bits per heavy atom. The van der Waals surface area contributed by atoms with Gasteiger partial charge in [-0.3, -0.25) is 9.69 Å². The van der Waals surface area contributed by atoms with E-state index >= 15 is 0 Å². The fourth-order valence-electron chi connectivity index (χ4n) is 3.10. The van der Waals surface area contributed by atoms with Gasteiger partial charge in [0.1, 0.15) is 4.88 Å². The van der Waals surface area contributed by atoms with Gasteiger partial charge in [0.15, 0.2) is 0 Å². The molecule has 2 saturated heterocycles. The number of carbonyl (C=O) groups excluding carboxylic acids is 1. The van der Waals surface area contributed by atoms with Crippen molar-refractivity contribution < 1.29 is 14.7 Å². The van der Waals surface area contributed by atoms with E-state index in [2.05, 4.69) is 4.90 Å². The number of carboxylic acid groups (broad SMARTS) is 1. The minimum absolute atomic E-state index is 0.287. The van der Waals surface area contributed by atoms with Crippen molar-refractivity contribution in [3.05, 3.63) is 21.4 Å². The van der Waals surface area contributed by atoms with Crippen molar-refractivity contribution in [2.45, 2.75) is 32.4 Å². The summed E-state index contributed by atoms with van der Waals surface area (Å²) < 4.78 is 0. The number of rotatable bonds is 3. The highest BCUT2D eigenvalue weighted by atomic mass is 32.1. The van der Waals surface area contributed by atoms with Gasteiger partial charge in [0, 0.05) is 43.5 Å². The van der Waals surface area contributed by atoms with Crippen LogP contribution in [0.2, 0.25) is 0 Å². The molecule has 1 aromatic heterocycles. The first-order valence-electron chi connectivity index (χ1n) is 6.89. The zero-order valence-corrected chi connectivity index (χ0v) is 12.3. The van der Waals surface area contributed by atoms with Crippen molar-refractivity contribution >= 4 is 23.2 Å². The Bertz CT molecular complexity index is 555. The molecular weight excluding hydrogens is 276 g/mol. The Morgan fingerprint density at radius 2 is 2.30 bits per heavy atom. The Hall–Kier alpha value is -1.40. The van der Waals surface area contributed by atoms with Crippen molar-refractivity contribution in [2.24, 2.45) is 0 Å². The molecule has 0 aliphatic carbocycles. The predicted molar refractivity (Wildman–Crippen MR) is 76.0 cm³/mol. The Kier molecular flexibility index (Phi) is 3.52. The Balaban J connectivity index is 1.67. The number of amides is 1. The van der Waals surface area contributed by atoms with Crippen molar-refractivity contribution in [1.29, 1.82) is 0 Å². The summed E-state index contributed by atoms with van der Waals surface area (Å²) in [5.41, 5.74) is 1.10. The van der Waals surface area contributed by atoms with E-state index in [0.29, 0.717) is 17.3 Å². The summed E-state index contributed by atoms with van der Waals surface area (Å²) in [6.45, 7) is 5.35. The van der Waals surface area contributed by atoms with Crippen LogP contribution in [0.4, 0.5) is 0 Å². The van der Waals surface area contributed by atoms with Crippen molar-refractivity contribution in [3.63, 3.8) is 0 Å². The van der Waals surface area contributed by atoms with Gasteiger partial charge in [-0.15, -0.1) is 11.3 Å². The summed E-state index contributed by atoms with van der Waals surface area (Å²) in [5, 5.41) is 9.03. The molecular formula is C14H18N2O3S. The lowest BCUT2D eigenvalue weighted by Gasteiger charge is -2.37. The molecule has 0 radical (unpaired) electrons. The van der Waals surface area contributed by atoms with Crippen LogP contribution in [-0.2, 0) is 11.3 Å². The molecule has 2 aliphatic heterocycles. The van der Waals surface area contributed by atoms with Crippen LogP contribution in [-0.4, -0.2) is 52.5 Å². The fraction of sp³-hybridized carbons (Fsp3) is 0.571. The quantitative estimate of drug-likeness (QED) is 0.919. The van der Waals surface area contributed by atoms with E-state index < -0.39 is 5.97 Å². The maximum absolute atomic E-state index is 11.6. The zero-order valence-electron chi connectivity index (χ0n) is 11.5. The smallest absolute Gasteiger partial charge is 0.345 e. The third-order valence-electron chi connectivity index (χ3n) is 4.20. The predicted octanol–water partition coefficient (Wildman–Crippen LogP) is 1.56. The van der Waals surface area contributed by atoms with Crippen LogP contribution in [0, 0.1) is 6.92 Å². The van der Waals surface area contributed by atoms with Gasteiger partial charge in [0.2, 0.25) is 5.91 Å². The first-order chi connectivity index (χ1) is 9.54.